The number of likely N-dealkylation sites (N-methyl/N-ethyl adjacent to an activating group) is 1. The van der Waals surface area contributed by atoms with Crippen LogP contribution >= 0.6 is 15.9 Å². The van der Waals surface area contributed by atoms with Gasteiger partial charge in [-0.25, -0.2) is 9.69 Å². The van der Waals surface area contributed by atoms with Crippen LogP contribution in [-0.4, -0.2) is 60.9 Å². The van der Waals surface area contributed by atoms with Crippen LogP contribution in [0.25, 0.3) is 0 Å². The fraction of sp³-hybridized carbons (Fsp3) is 0.577. The Morgan fingerprint density at radius 1 is 0.971 bits per heavy atom. The molecule has 0 atom stereocenters. The first-order chi connectivity index (χ1) is 16.3. The topological polar surface area (TPSA) is 73.0 Å². The minimum absolute atomic E-state index is 0.00112. The first kappa shape index (κ1) is 22.3. The zero-order valence-electron chi connectivity index (χ0n) is 19.6. The summed E-state index contributed by atoms with van der Waals surface area (Å²) in [5.74, 6) is 1.31. The van der Waals surface area contributed by atoms with Gasteiger partial charge in [-0.3, -0.25) is 14.9 Å². The predicted molar refractivity (Wildman–Crippen MR) is 132 cm³/mol. The fourth-order valence-corrected chi connectivity index (χ4v) is 8.03. The third-order valence-corrected chi connectivity index (χ3v) is 9.43. The van der Waals surface area contributed by atoms with E-state index >= 15 is 0 Å². The van der Waals surface area contributed by atoms with Crippen LogP contribution in [0.5, 0.6) is 0 Å². The molecule has 34 heavy (non-hydrogen) atoms. The lowest BCUT2D eigenvalue weighted by Gasteiger charge is -2.57. The van der Waals surface area contributed by atoms with E-state index in [9.17, 15) is 14.4 Å². The molecule has 1 aromatic carbocycles. The van der Waals surface area contributed by atoms with Crippen LogP contribution in [0.4, 0.5) is 10.5 Å². The van der Waals surface area contributed by atoms with Crippen LogP contribution in [0.2, 0.25) is 0 Å². The summed E-state index contributed by atoms with van der Waals surface area (Å²) in [7, 11) is 2.05. The summed E-state index contributed by atoms with van der Waals surface area (Å²) in [4.78, 5) is 43.9. The first-order valence-corrected chi connectivity index (χ1v) is 13.2. The maximum atomic E-state index is 13.4. The number of anilines is 1. The minimum Gasteiger partial charge on any atom is -0.374 e. The molecule has 4 bridgehead atoms. The Balaban J connectivity index is 1.28. The molecule has 4 amide bonds. The number of amides is 4. The molecule has 6 fully saturated rings. The van der Waals surface area contributed by atoms with Crippen LogP contribution in [-0.2, 0) is 15.0 Å². The Kier molecular flexibility index (Phi) is 5.37. The molecule has 0 radical (unpaired) electrons. The van der Waals surface area contributed by atoms with Gasteiger partial charge < -0.3 is 9.80 Å². The molecule has 0 aromatic heterocycles. The van der Waals surface area contributed by atoms with Crippen molar-refractivity contribution < 1.29 is 14.4 Å². The molecule has 8 heteroatoms. The van der Waals surface area contributed by atoms with Crippen molar-refractivity contribution in [2.24, 2.45) is 17.8 Å². The number of barbiturate groups is 1. The third kappa shape index (κ3) is 3.70. The molecule has 0 unspecified atom stereocenters. The van der Waals surface area contributed by atoms with Crippen molar-refractivity contribution in [3.05, 3.63) is 40.0 Å². The Labute approximate surface area is 208 Å². The minimum atomic E-state index is -0.700. The SMILES string of the molecule is CN1CCN(/C=C2\C(=O)NC(=O)N(c3ccc(C45CC6CC(CC(C6)C4)C5)cc3Br)C2=O)CC1. The Bertz CT molecular complexity index is 1060. The van der Waals surface area contributed by atoms with Gasteiger partial charge in [0.05, 0.1) is 5.69 Å². The molecule has 1 N–H and O–H groups in total. The number of carbonyl (C=O) groups is 3. The van der Waals surface area contributed by atoms with Crippen molar-refractivity contribution in [2.75, 3.05) is 38.1 Å². The quantitative estimate of drug-likeness (QED) is 0.480. The molecular weight excluding hydrogens is 496 g/mol. The predicted octanol–water partition coefficient (Wildman–Crippen LogP) is 3.63. The Hall–Kier alpha value is -2.19. The molecule has 2 aliphatic heterocycles. The van der Waals surface area contributed by atoms with E-state index in [1.807, 2.05) is 18.0 Å². The molecule has 2 saturated heterocycles. The second-order valence-electron chi connectivity index (χ2n) is 11.1. The van der Waals surface area contributed by atoms with Gasteiger partial charge in [0.2, 0.25) is 0 Å². The molecule has 6 aliphatic rings. The lowest BCUT2D eigenvalue weighted by atomic mass is 9.48. The molecular formula is C26H31BrN4O3. The lowest BCUT2D eigenvalue weighted by molar-refractivity contribution is -0.122. The van der Waals surface area contributed by atoms with E-state index in [1.165, 1.54) is 44.1 Å². The molecule has 4 aliphatic carbocycles. The highest BCUT2D eigenvalue weighted by Gasteiger charge is 2.51. The number of benzene rings is 1. The number of imide groups is 2. The van der Waals surface area contributed by atoms with Crippen LogP contribution in [0.15, 0.2) is 34.4 Å². The van der Waals surface area contributed by atoms with Gasteiger partial charge in [-0.05, 0) is 102 Å². The van der Waals surface area contributed by atoms with Gasteiger partial charge in [-0.15, -0.1) is 0 Å². The molecule has 7 nitrogen and oxygen atoms in total. The van der Waals surface area contributed by atoms with E-state index in [2.05, 4.69) is 38.3 Å². The third-order valence-electron chi connectivity index (χ3n) is 8.79. The summed E-state index contributed by atoms with van der Waals surface area (Å²) in [6.07, 6.45) is 9.52. The number of carbonyl (C=O) groups excluding carboxylic acids is 3. The Morgan fingerprint density at radius 2 is 1.59 bits per heavy atom. The summed E-state index contributed by atoms with van der Waals surface area (Å²) >= 11 is 3.66. The van der Waals surface area contributed by atoms with Crippen molar-refractivity contribution >= 4 is 39.5 Å². The van der Waals surface area contributed by atoms with Crippen molar-refractivity contribution in [1.82, 2.24) is 15.1 Å². The van der Waals surface area contributed by atoms with Crippen LogP contribution in [0.3, 0.4) is 0 Å². The molecule has 180 valence electrons. The fourth-order valence-electron chi connectivity index (χ4n) is 7.48. The summed E-state index contributed by atoms with van der Waals surface area (Å²) in [5, 5.41) is 2.36. The van der Waals surface area contributed by atoms with Crippen molar-refractivity contribution in [3.63, 3.8) is 0 Å². The zero-order chi connectivity index (χ0) is 23.6. The highest BCUT2D eigenvalue weighted by molar-refractivity contribution is 9.10. The van der Waals surface area contributed by atoms with E-state index in [1.54, 1.807) is 6.20 Å². The average molecular weight is 527 g/mol. The maximum absolute atomic E-state index is 13.4. The highest BCUT2D eigenvalue weighted by Crippen LogP contribution is 2.61. The summed E-state index contributed by atoms with van der Waals surface area (Å²) < 4.78 is 0.720. The van der Waals surface area contributed by atoms with Gasteiger partial charge in [0.15, 0.2) is 0 Å². The van der Waals surface area contributed by atoms with Gasteiger partial charge in [-0.2, -0.15) is 0 Å². The first-order valence-electron chi connectivity index (χ1n) is 12.5. The summed E-state index contributed by atoms with van der Waals surface area (Å²) in [6.45, 7) is 3.19. The largest absolute Gasteiger partial charge is 0.374 e. The van der Waals surface area contributed by atoms with E-state index in [0.29, 0.717) is 5.69 Å². The summed E-state index contributed by atoms with van der Waals surface area (Å²) in [5.41, 5.74) is 2.03. The van der Waals surface area contributed by atoms with Crippen molar-refractivity contribution in [3.8, 4) is 0 Å². The number of hydrogen-bond acceptors (Lipinski definition) is 5. The smallest absolute Gasteiger partial charge is 0.335 e. The number of piperazine rings is 1. The van der Waals surface area contributed by atoms with Gasteiger partial charge >= 0.3 is 6.03 Å². The van der Waals surface area contributed by atoms with Gasteiger partial charge in [0.1, 0.15) is 5.57 Å². The monoisotopic (exact) mass is 526 g/mol. The van der Waals surface area contributed by atoms with Gasteiger partial charge in [0, 0.05) is 36.9 Å². The number of hydrogen-bond donors (Lipinski definition) is 1. The number of rotatable bonds is 3. The van der Waals surface area contributed by atoms with Crippen LogP contribution < -0.4 is 10.2 Å². The second-order valence-corrected chi connectivity index (χ2v) is 12.0. The second kappa shape index (κ2) is 8.19. The molecule has 7 rings (SSSR count). The van der Waals surface area contributed by atoms with E-state index in [0.717, 1.165) is 53.3 Å². The standard InChI is InChI=1S/C26H31BrN4O3/c1-29-4-6-30(7-5-29)15-20-23(32)28-25(34)31(24(20)33)22-3-2-19(11-21(22)27)26-12-16-8-17(13-26)10-18(9-16)14-26/h2-3,11,15-18H,4-10,12-14H2,1H3,(H,28,32,34)/b20-15+. The molecule has 4 saturated carbocycles. The van der Waals surface area contributed by atoms with Crippen LogP contribution in [0.1, 0.15) is 44.1 Å². The maximum Gasteiger partial charge on any atom is 0.335 e. The number of halogens is 1. The number of urea groups is 1. The Morgan fingerprint density at radius 3 is 2.18 bits per heavy atom. The average Bonchev–Trinajstić information content (AvgIpc) is 2.78. The molecule has 1 aromatic rings. The van der Waals surface area contributed by atoms with E-state index in [4.69, 9.17) is 0 Å². The highest BCUT2D eigenvalue weighted by atomic mass is 79.9. The van der Waals surface area contributed by atoms with Gasteiger partial charge in [-0.1, -0.05) is 6.07 Å². The normalized spacial score (nSPS) is 34.8. The lowest BCUT2D eigenvalue weighted by Crippen LogP contribution is -2.55. The van der Waals surface area contributed by atoms with Gasteiger partial charge in [0.25, 0.3) is 11.8 Å². The van der Waals surface area contributed by atoms with Crippen LogP contribution in [0, 0.1) is 17.8 Å². The number of nitrogens with zero attached hydrogens (tertiary/aromatic N) is 3. The van der Waals surface area contributed by atoms with E-state index in [-0.39, 0.29) is 11.0 Å². The van der Waals surface area contributed by atoms with Crippen molar-refractivity contribution in [2.45, 2.75) is 43.9 Å². The molecule has 2 heterocycles. The van der Waals surface area contributed by atoms with E-state index < -0.39 is 17.8 Å². The molecule has 0 spiro atoms. The zero-order valence-corrected chi connectivity index (χ0v) is 21.1. The summed E-state index contributed by atoms with van der Waals surface area (Å²) in [6, 6.07) is 5.39. The van der Waals surface area contributed by atoms with Crippen molar-refractivity contribution in [1.29, 1.82) is 0 Å². The number of nitrogens with one attached hydrogen (secondary N) is 1.